The summed E-state index contributed by atoms with van der Waals surface area (Å²) in [6, 6.07) is 6.96. The van der Waals surface area contributed by atoms with E-state index in [2.05, 4.69) is 11.9 Å². The van der Waals surface area contributed by atoms with Crippen LogP contribution in [0.15, 0.2) is 36.9 Å². The molecule has 1 fully saturated rings. The minimum atomic E-state index is -1.09. The van der Waals surface area contributed by atoms with Gasteiger partial charge in [-0.15, -0.1) is 6.58 Å². The number of amides is 1. The largest absolute Gasteiger partial charge is 0.497 e. The smallest absolute Gasteiger partial charge is 0.405 e. The maximum Gasteiger partial charge on any atom is 0.405 e. The standard InChI is InChI=1S/C15H19NO5/c1-3-4-13-12(16-15(17)18)9-20-14(21-13)10-5-7-11(19-2)8-6-10/h3,5-8,12-14,16H,1,4,9H2,2H3,(H,17,18)/t12-,13+,14?/m1/s1. The van der Waals surface area contributed by atoms with Gasteiger partial charge in [0.2, 0.25) is 0 Å². The third-order valence-electron chi connectivity index (χ3n) is 3.27. The first kappa shape index (κ1) is 15.3. The Morgan fingerprint density at radius 3 is 2.81 bits per heavy atom. The molecule has 0 spiro atoms. The molecule has 1 heterocycles. The van der Waals surface area contributed by atoms with Gasteiger partial charge >= 0.3 is 6.09 Å². The van der Waals surface area contributed by atoms with Crippen molar-refractivity contribution in [3.63, 3.8) is 0 Å². The minimum absolute atomic E-state index is 0.251. The van der Waals surface area contributed by atoms with E-state index in [1.54, 1.807) is 13.2 Å². The quantitative estimate of drug-likeness (QED) is 0.815. The monoisotopic (exact) mass is 293 g/mol. The fourth-order valence-corrected chi connectivity index (χ4v) is 2.20. The molecule has 21 heavy (non-hydrogen) atoms. The molecule has 0 aromatic heterocycles. The highest BCUT2D eigenvalue weighted by Crippen LogP contribution is 2.29. The summed E-state index contributed by atoms with van der Waals surface area (Å²) in [5.41, 5.74) is 0.860. The van der Waals surface area contributed by atoms with Gasteiger partial charge in [0.1, 0.15) is 5.75 Å². The number of carboxylic acid groups (broad SMARTS) is 1. The first-order valence-electron chi connectivity index (χ1n) is 6.65. The van der Waals surface area contributed by atoms with Crippen LogP contribution in [-0.2, 0) is 9.47 Å². The number of methoxy groups -OCH3 is 1. The number of ether oxygens (including phenoxy) is 3. The lowest BCUT2D eigenvalue weighted by atomic mass is 10.1. The second-order valence-electron chi connectivity index (χ2n) is 4.69. The molecule has 0 radical (unpaired) electrons. The van der Waals surface area contributed by atoms with Crippen molar-refractivity contribution in [2.75, 3.05) is 13.7 Å². The van der Waals surface area contributed by atoms with Gasteiger partial charge in [0.05, 0.1) is 25.9 Å². The van der Waals surface area contributed by atoms with Gasteiger partial charge in [0.15, 0.2) is 6.29 Å². The van der Waals surface area contributed by atoms with Crippen molar-refractivity contribution in [3.8, 4) is 5.75 Å². The zero-order valence-electron chi connectivity index (χ0n) is 11.8. The summed E-state index contributed by atoms with van der Waals surface area (Å²) in [7, 11) is 1.60. The van der Waals surface area contributed by atoms with Crippen molar-refractivity contribution in [1.29, 1.82) is 0 Å². The number of benzene rings is 1. The molecule has 2 N–H and O–H groups in total. The third kappa shape index (κ3) is 3.96. The number of nitrogens with one attached hydrogen (secondary N) is 1. The Balaban J connectivity index is 2.06. The molecule has 1 aliphatic rings. The lowest BCUT2D eigenvalue weighted by molar-refractivity contribution is -0.227. The van der Waals surface area contributed by atoms with E-state index in [0.717, 1.165) is 11.3 Å². The van der Waals surface area contributed by atoms with Gasteiger partial charge in [-0.05, 0) is 18.6 Å². The van der Waals surface area contributed by atoms with Crippen molar-refractivity contribution in [2.24, 2.45) is 0 Å². The maximum atomic E-state index is 10.8. The van der Waals surface area contributed by atoms with E-state index in [-0.39, 0.29) is 12.7 Å². The van der Waals surface area contributed by atoms with Crippen molar-refractivity contribution >= 4 is 6.09 Å². The molecule has 0 saturated carbocycles. The molecule has 2 rings (SSSR count). The summed E-state index contributed by atoms with van der Waals surface area (Å²) in [5, 5.41) is 11.2. The second-order valence-corrected chi connectivity index (χ2v) is 4.69. The van der Waals surface area contributed by atoms with E-state index in [0.29, 0.717) is 6.42 Å². The highest BCUT2D eigenvalue weighted by Gasteiger charge is 2.32. The Bertz CT molecular complexity index is 487. The summed E-state index contributed by atoms with van der Waals surface area (Å²) in [5.74, 6) is 0.752. The van der Waals surface area contributed by atoms with Crippen LogP contribution in [0.5, 0.6) is 5.75 Å². The first-order chi connectivity index (χ1) is 10.1. The van der Waals surface area contributed by atoms with Crippen molar-refractivity contribution < 1.29 is 24.1 Å². The van der Waals surface area contributed by atoms with Crippen molar-refractivity contribution in [3.05, 3.63) is 42.5 Å². The molecule has 1 saturated heterocycles. The van der Waals surface area contributed by atoms with Crippen LogP contribution in [0.2, 0.25) is 0 Å². The van der Waals surface area contributed by atoms with E-state index in [4.69, 9.17) is 19.3 Å². The molecule has 1 amide bonds. The van der Waals surface area contributed by atoms with Gasteiger partial charge in [-0.25, -0.2) is 4.79 Å². The molecule has 1 unspecified atom stereocenters. The molecule has 3 atom stereocenters. The van der Waals surface area contributed by atoms with Crippen molar-refractivity contribution in [2.45, 2.75) is 24.9 Å². The molecule has 0 aliphatic carbocycles. The van der Waals surface area contributed by atoms with Gasteiger partial charge in [0.25, 0.3) is 0 Å². The first-order valence-corrected chi connectivity index (χ1v) is 6.65. The summed E-state index contributed by atoms with van der Waals surface area (Å²) < 4.78 is 16.6. The normalized spacial score (nSPS) is 25.1. The third-order valence-corrected chi connectivity index (χ3v) is 3.27. The van der Waals surface area contributed by atoms with E-state index in [1.165, 1.54) is 0 Å². The van der Waals surface area contributed by atoms with Gasteiger partial charge < -0.3 is 24.6 Å². The number of hydrogen-bond donors (Lipinski definition) is 2. The summed E-state index contributed by atoms with van der Waals surface area (Å²) in [6.45, 7) is 3.93. The second kappa shape index (κ2) is 7.10. The highest BCUT2D eigenvalue weighted by atomic mass is 16.7. The van der Waals surface area contributed by atoms with Gasteiger partial charge in [0, 0.05) is 5.56 Å². The fourth-order valence-electron chi connectivity index (χ4n) is 2.20. The molecular formula is C15H19NO5. The maximum absolute atomic E-state index is 10.8. The molecule has 0 bridgehead atoms. The number of hydrogen-bond acceptors (Lipinski definition) is 4. The molecule has 6 nitrogen and oxygen atoms in total. The van der Waals surface area contributed by atoms with Crippen LogP contribution < -0.4 is 10.1 Å². The van der Waals surface area contributed by atoms with Crippen LogP contribution in [-0.4, -0.2) is 37.1 Å². The van der Waals surface area contributed by atoms with E-state index < -0.39 is 18.4 Å². The molecule has 1 aromatic rings. The average molecular weight is 293 g/mol. The zero-order chi connectivity index (χ0) is 15.2. The Labute approximate surface area is 123 Å². The topological polar surface area (TPSA) is 77.0 Å². The number of carbonyl (C=O) groups is 1. The molecule has 1 aromatic carbocycles. The van der Waals surface area contributed by atoms with Gasteiger partial charge in [-0.3, -0.25) is 0 Å². The van der Waals surface area contributed by atoms with Gasteiger partial charge in [-0.1, -0.05) is 18.2 Å². The van der Waals surface area contributed by atoms with Crippen molar-refractivity contribution in [1.82, 2.24) is 5.32 Å². The fraction of sp³-hybridized carbons (Fsp3) is 0.400. The van der Waals surface area contributed by atoms with Crippen LogP contribution in [0.3, 0.4) is 0 Å². The summed E-state index contributed by atoms with van der Waals surface area (Å²) >= 11 is 0. The van der Waals surface area contributed by atoms with Crippen LogP contribution in [0.25, 0.3) is 0 Å². The Hall–Kier alpha value is -2.05. The lowest BCUT2D eigenvalue weighted by Crippen LogP contribution is -2.50. The molecular weight excluding hydrogens is 274 g/mol. The Morgan fingerprint density at radius 1 is 1.52 bits per heavy atom. The molecule has 1 aliphatic heterocycles. The molecule has 6 heteroatoms. The van der Waals surface area contributed by atoms with Crippen LogP contribution >= 0.6 is 0 Å². The summed E-state index contributed by atoms with van der Waals surface area (Å²) in [6.07, 6.45) is 0.328. The lowest BCUT2D eigenvalue weighted by Gasteiger charge is -2.36. The Kier molecular flexibility index (Phi) is 5.19. The van der Waals surface area contributed by atoms with Crippen LogP contribution in [0.1, 0.15) is 18.3 Å². The highest BCUT2D eigenvalue weighted by molar-refractivity contribution is 5.65. The summed E-state index contributed by atoms with van der Waals surface area (Å²) in [4.78, 5) is 10.8. The van der Waals surface area contributed by atoms with Crippen LogP contribution in [0.4, 0.5) is 4.79 Å². The minimum Gasteiger partial charge on any atom is -0.497 e. The van der Waals surface area contributed by atoms with Crippen LogP contribution in [0, 0.1) is 0 Å². The average Bonchev–Trinajstić information content (AvgIpc) is 2.49. The Morgan fingerprint density at radius 2 is 2.24 bits per heavy atom. The van der Waals surface area contributed by atoms with E-state index >= 15 is 0 Å². The zero-order valence-corrected chi connectivity index (χ0v) is 11.8. The predicted octanol–water partition coefficient (Wildman–Crippen LogP) is 2.32. The van der Waals surface area contributed by atoms with E-state index in [1.807, 2.05) is 24.3 Å². The number of rotatable bonds is 5. The SMILES string of the molecule is C=CC[C@@H]1OC(c2ccc(OC)cc2)OC[C@H]1NC(=O)O. The molecule has 114 valence electrons. The van der Waals surface area contributed by atoms with E-state index in [9.17, 15) is 4.79 Å². The van der Waals surface area contributed by atoms with Gasteiger partial charge in [-0.2, -0.15) is 0 Å². The predicted molar refractivity (Wildman–Crippen MR) is 76.3 cm³/mol.